The van der Waals surface area contributed by atoms with Crippen molar-refractivity contribution in [2.24, 2.45) is 4.99 Å². The number of aliphatic imine (C=N–C) groups is 1. The Bertz CT molecular complexity index is 653. The molecule has 2 N–H and O–H groups in total. The third-order valence-electron chi connectivity index (χ3n) is 4.49. The molecule has 0 unspecified atom stereocenters. The van der Waals surface area contributed by atoms with Gasteiger partial charge in [-0.15, -0.1) is 24.0 Å². The van der Waals surface area contributed by atoms with E-state index in [1.54, 1.807) is 6.07 Å². The van der Waals surface area contributed by atoms with Crippen LogP contribution in [0.2, 0.25) is 0 Å². The van der Waals surface area contributed by atoms with Crippen molar-refractivity contribution in [3.63, 3.8) is 0 Å². The summed E-state index contributed by atoms with van der Waals surface area (Å²) in [6.07, 6.45) is -3.64. The van der Waals surface area contributed by atoms with Gasteiger partial charge in [-0.05, 0) is 38.0 Å². The highest BCUT2D eigenvalue weighted by molar-refractivity contribution is 14.0. The van der Waals surface area contributed by atoms with Gasteiger partial charge in [-0.1, -0.05) is 6.07 Å². The van der Waals surface area contributed by atoms with E-state index in [4.69, 9.17) is 9.47 Å². The van der Waals surface area contributed by atoms with E-state index < -0.39 is 11.7 Å². The molecule has 0 amide bonds. The Morgan fingerprint density at radius 1 is 1.20 bits per heavy atom. The van der Waals surface area contributed by atoms with Crippen molar-refractivity contribution in [1.82, 2.24) is 10.6 Å². The Morgan fingerprint density at radius 2 is 1.93 bits per heavy atom. The van der Waals surface area contributed by atoms with Crippen molar-refractivity contribution in [2.75, 3.05) is 57.5 Å². The molecule has 1 heterocycles. The zero-order valence-electron chi connectivity index (χ0n) is 17.6. The number of guanidine groups is 1. The van der Waals surface area contributed by atoms with Crippen LogP contribution in [0.25, 0.3) is 0 Å². The summed E-state index contributed by atoms with van der Waals surface area (Å²) in [6, 6.07) is 4.47. The Balaban J connectivity index is 0.00000450. The molecule has 0 aliphatic carbocycles. The number of nitrogens with zero attached hydrogens (tertiary/aromatic N) is 2. The normalized spacial score (nSPS) is 15.0. The summed E-state index contributed by atoms with van der Waals surface area (Å²) >= 11 is 0. The highest BCUT2D eigenvalue weighted by Gasteiger charge is 2.34. The lowest BCUT2D eigenvalue weighted by atomic mass is 10.1. The molecule has 1 aromatic rings. The van der Waals surface area contributed by atoms with Crippen molar-refractivity contribution in [3.05, 3.63) is 29.3 Å². The fourth-order valence-corrected chi connectivity index (χ4v) is 3.02. The molecular formula is C20H32F3IN4O2. The van der Waals surface area contributed by atoms with Crippen LogP contribution < -0.4 is 15.5 Å². The van der Waals surface area contributed by atoms with Crippen LogP contribution in [0.3, 0.4) is 0 Å². The second-order valence-electron chi connectivity index (χ2n) is 6.61. The highest BCUT2D eigenvalue weighted by atomic mass is 127. The molecule has 0 saturated carbocycles. The van der Waals surface area contributed by atoms with Crippen LogP contribution in [0.15, 0.2) is 23.2 Å². The van der Waals surface area contributed by atoms with Gasteiger partial charge in [0.1, 0.15) is 0 Å². The van der Waals surface area contributed by atoms with Gasteiger partial charge < -0.3 is 25.0 Å². The predicted octanol–water partition coefficient (Wildman–Crippen LogP) is 3.64. The standard InChI is InChI=1S/C20H31F3N4O2.HI/c1-3-24-19(25-8-5-11-28-4-2)26-15-16-6-7-17(14-18(16)20(21,22)23)27-9-12-29-13-10-27;/h6-7,14H,3-5,8-13,15H2,1-2H3,(H2,24,25,26);1H. The third-order valence-corrected chi connectivity index (χ3v) is 4.49. The van der Waals surface area contributed by atoms with E-state index in [1.165, 1.54) is 12.1 Å². The first-order chi connectivity index (χ1) is 14.0. The minimum atomic E-state index is -4.43. The Labute approximate surface area is 193 Å². The number of anilines is 1. The largest absolute Gasteiger partial charge is 0.416 e. The molecular weight excluding hydrogens is 512 g/mol. The van der Waals surface area contributed by atoms with Gasteiger partial charge in [0.25, 0.3) is 0 Å². The Kier molecular flexibility index (Phi) is 12.4. The number of benzene rings is 1. The lowest BCUT2D eigenvalue weighted by Gasteiger charge is -2.29. The van der Waals surface area contributed by atoms with Gasteiger partial charge in [0.15, 0.2) is 5.96 Å². The van der Waals surface area contributed by atoms with E-state index in [0.29, 0.717) is 64.3 Å². The van der Waals surface area contributed by atoms with Crippen LogP contribution in [0.1, 0.15) is 31.4 Å². The second-order valence-corrected chi connectivity index (χ2v) is 6.61. The monoisotopic (exact) mass is 544 g/mol. The molecule has 172 valence electrons. The molecule has 1 aliphatic rings. The van der Waals surface area contributed by atoms with Gasteiger partial charge in [0.05, 0.1) is 25.3 Å². The Hall–Kier alpha value is -1.27. The van der Waals surface area contributed by atoms with E-state index in [0.717, 1.165) is 6.42 Å². The van der Waals surface area contributed by atoms with Crippen molar-refractivity contribution in [3.8, 4) is 0 Å². The maximum absolute atomic E-state index is 13.7. The van der Waals surface area contributed by atoms with E-state index >= 15 is 0 Å². The molecule has 0 atom stereocenters. The summed E-state index contributed by atoms with van der Waals surface area (Å²) in [7, 11) is 0. The second kappa shape index (κ2) is 13.9. The summed E-state index contributed by atoms with van der Waals surface area (Å²) in [4.78, 5) is 6.25. The number of rotatable bonds is 9. The molecule has 0 aromatic heterocycles. The first-order valence-electron chi connectivity index (χ1n) is 10.1. The van der Waals surface area contributed by atoms with Crippen LogP contribution in [0.5, 0.6) is 0 Å². The molecule has 2 rings (SSSR count). The first kappa shape index (κ1) is 26.8. The smallest absolute Gasteiger partial charge is 0.382 e. The van der Waals surface area contributed by atoms with E-state index in [9.17, 15) is 13.2 Å². The minimum absolute atomic E-state index is 0. The molecule has 0 spiro atoms. The number of alkyl halides is 3. The maximum Gasteiger partial charge on any atom is 0.416 e. The van der Waals surface area contributed by atoms with Crippen LogP contribution >= 0.6 is 24.0 Å². The van der Waals surface area contributed by atoms with Gasteiger partial charge in [0.2, 0.25) is 0 Å². The van der Waals surface area contributed by atoms with Gasteiger partial charge in [-0.3, -0.25) is 0 Å². The zero-order chi connectivity index (χ0) is 21.1. The number of hydrogen-bond donors (Lipinski definition) is 2. The SMILES string of the molecule is CCNC(=NCc1ccc(N2CCOCC2)cc1C(F)(F)F)NCCCOCC.I. The van der Waals surface area contributed by atoms with Crippen molar-refractivity contribution in [1.29, 1.82) is 0 Å². The average Bonchev–Trinajstić information content (AvgIpc) is 2.71. The topological polar surface area (TPSA) is 58.1 Å². The number of morpholine rings is 1. The summed E-state index contributed by atoms with van der Waals surface area (Å²) in [5.74, 6) is 0.495. The van der Waals surface area contributed by atoms with Gasteiger partial charge in [0, 0.05) is 45.1 Å². The fourth-order valence-electron chi connectivity index (χ4n) is 3.02. The van der Waals surface area contributed by atoms with Crippen LogP contribution in [-0.2, 0) is 22.2 Å². The quantitative estimate of drug-likeness (QED) is 0.215. The summed E-state index contributed by atoms with van der Waals surface area (Å²) in [5, 5.41) is 6.19. The zero-order valence-corrected chi connectivity index (χ0v) is 19.9. The van der Waals surface area contributed by atoms with Gasteiger partial charge in [-0.2, -0.15) is 13.2 Å². The molecule has 0 radical (unpaired) electrons. The van der Waals surface area contributed by atoms with E-state index in [-0.39, 0.29) is 36.1 Å². The number of ether oxygens (including phenoxy) is 2. The van der Waals surface area contributed by atoms with E-state index in [1.807, 2.05) is 18.7 Å². The molecule has 1 fully saturated rings. The average molecular weight is 544 g/mol. The van der Waals surface area contributed by atoms with Crippen molar-refractivity contribution >= 4 is 35.6 Å². The van der Waals surface area contributed by atoms with Crippen LogP contribution in [-0.4, -0.2) is 58.6 Å². The number of nitrogens with one attached hydrogen (secondary N) is 2. The number of hydrogen-bond acceptors (Lipinski definition) is 4. The van der Waals surface area contributed by atoms with Crippen LogP contribution in [0, 0.1) is 0 Å². The van der Waals surface area contributed by atoms with Crippen LogP contribution in [0.4, 0.5) is 18.9 Å². The summed E-state index contributed by atoms with van der Waals surface area (Å²) in [6.45, 7) is 8.56. The molecule has 1 aromatic carbocycles. The third kappa shape index (κ3) is 8.84. The molecule has 6 nitrogen and oxygen atoms in total. The summed E-state index contributed by atoms with van der Waals surface area (Å²) < 4.78 is 51.5. The van der Waals surface area contributed by atoms with Crippen molar-refractivity contribution < 1.29 is 22.6 Å². The number of halogens is 4. The lowest BCUT2D eigenvalue weighted by Crippen LogP contribution is -2.38. The molecule has 10 heteroatoms. The van der Waals surface area contributed by atoms with E-state index in [2.05, 4.69) is 15.6 Å². The van der Waals surface area contributed by atoms with Gasteiger partial charge in [-0.25, -0.2) is 4.99 Å². The molecule has 1 aliphatic heterocycles. The molecule has 30 heavy (non-hydrogen) atoms. The predicted molar refractivity (Wildman–Crippen MR) is 124 cm³/mol. The molecule has 0 bridgehead atoms. The molecule has 1 saturated heterocycles. The first-order valence-corrected chi connectivity index (χ1v) is 10.1. The van der Waals surface area contributed by atoms with Crippen molar-refractivity contribution in [2.45, 2.75) is 33.0 Å². The minimum Gasteiger partial charge on any atom is -0.382 e. The Morgan fingerprint density at radius 3 is 2.57 bits per heavy atom. The highest BCUT2D eigenvalue weighted by Crippen LogP contribution is 2.35. The lowest BCUT2D eigenvalue weighted by molar-refractivity contribution is -0.138. The fraction of sp³-hybridized carbons (Fsp3) is 0.650. The summed E-state index contributed by atoms with van der Waals surface area (Å²) in [5.41, 5.74) is 0.0766. The van der Waals surface area contributed by atoms with Gasteiger partial charge >= 0.3 is 6.18 Å². The maximum atomic E-state index is 13.7.